The van der Waals surface area contributed by atoms with Crippen molar-refractivity contribution in [2.24, 2.45) is 5.73 Å². The number of nitrogens with one attached hydrogen (secondary N) is 1. The second kappa shape index (κ2) is 7.51. The summed E-state index contributed by atoms with van der Waals surface area (Å²) in [5.41, 5.74) is 9.46. The maximum atomic E-state index is 12.7. The van der Waals surface area contributed by atoms with Crippen molar-refractivity contribution in [1.29, 1.82) is 0 Å². The van der Waals surface area contributed by atoms with E-state index in [-0.39, 0.29) is 12.6 Å². The van der Waals surface area contributed by atoms with Crippen molar-refractivity contribution in [2.75, 3.05) is 29.5 Å². The standard InChI is InChI=1S/C18H22F3N5O4/c1-10-16(27)23-26(30-17(28)18(19,20)21)15-9-29-14-5-4-11(7-13(14)25(10)15)24-6-2-3-12(24)8-22/h4-5,7,10,12,15H,2-3,6,8-9,22H2,1H3,(H,23,27). The molecule has 0 aromatic heterocycles. The second-order valence-corrected chi connectivity index (χ2v) is 7.43. The minimum atomic E-state index is -5.20. The molecule has 0 radical (unpaired) electrons. The Hall–Kier alpha value is -2.73. The number of ether oxygens (including phenoxy) is 1. The van der Waals surface area contributed by atoms with Gasteiger partial charge in [0.1, 0.15) is 18.4 Å². The summed E-state index contributed by atoms with van der Waals surface area (Å²) in [4.78, 5) is 31.9. The Labute approximate surface area is 170 Å². The summed E-state index contributed by atoms with van der Waals surface area (Å²) < 4.78 is 43.7. The number of anilines is 2. The van der Waals surface area contributed by atoms with Gasteiger partial charge in [-0.15, -0.1) is 0 Å². The molecule has 3 atom stereocenters. The van der Waals surface area contributed by atoms with E-state index in [0.29, 0.717) is 23.2 Å². The second-order valence-electron chi connectivity index (χ2n) is 7.43. The summed E-state index contributed by atoms with van der Waals surface area (Å²) in [5.74, 6) is -2.55. The van der Waals surface area contributed by atoms with Crippen molar-refractivity contribution < 1.29 is 32.3 Å². The van der Waals surface area contributed by atoms with Crippen molar-refractivity contribution in [3.8, 4) is 5.75 Å². The highest BCUT2D eigenvalue weighted by molar-refractivity contribution is 5.87. The zero-order valence-corrected chi connectivity index (χ0v) is 16.2. The maximum absolute atomic E-state index is 12.7. The molecule has 3 aliphatic rings. The lowest BCUT2D eigenvalue weighted by molar-refractivity contribution is -0.265. The lowest BCUT2D eigenvalue weighted by atomic mass is 10.1. The predicted octanol–water partition coefficient (Wildman–Crippen LogP) is 0.895. The van der Waals surface area contributed by atoms with E-state index in [0.717, 1.165) is 25.1 Å². The number of hydrazine groups is 1. The molecule has 0 spiro atoms. The number of benzene rings is 1. The van der Waals surface area contributed by atoms with Crippen LogP contribution in [0.25, 0.3) is 0 Å². The molecule has 12 heteroatoms. The van der Waals surface area contributed by atoms with E-state index in [4.69, 9.17) is 10.5 Å². The number of halogens is 3. The summed E-state index contributed by atoms with van der Waals surface area (Å²) in [5, 5.41) is 0.506. The Morgan fingerprint density at radius 1 is 1.40 bits per heavy atom. The maximum Gasteiger partial charge on any atom is 0.492 e. The number of rotatable bonds is 3. The lowest BCUT2D eigenvalue weighted by Crippen LogP contribution is -2.70. The first-order valence-electron chi connectivity index (χ1n) is 9.61. The number of carbonyl (C=O) groups excluding carboxylic acids is 2. The molecular formula is C18H22F3N5O4. The molecular weight excluding hydrogens is 407 g/mol. The SMILES string of the molecule is CC1C(=O)NN(OC(=O)C(F)(F)F)C2COc3ccc(N4CCCC4CN)cc3N12. The molecule has 1 amide bonds. The van der Waals surface area contributed by atoms with Crippen LogP contribution in [0.2, 0.25) is 0 Å². The number of hydroxylamine groups is 1. The number of hydrogen-bond donors (Lipinski definition) is 2. The topological polar surface area (TPSA) is 100 Å². The fourth-order valence-corrected chi connectivity index (χ4v) is 4.11. The Morgan fingerprint density at radius 2 is 2.17 bits per heavy atom. The number of hydrogen-bond acceptors (Lipinski definition) is 8. The van der Waals surface area contributed by atoms with Crippen LogP contribution in [-0.2, 0) is 14.4 Å². The molecule has 3 unspecified atom stereocenters. The van der Waals surface area contributed by atoms with Crippen LogP contribution >= 0.6 is 0 Å². The summed E-state index contributed by atoms with van der Waals surface area (Å²) in [6.45, 7) is 2.83. The van der Waals surface area contributed by atoms with Gasteiger partial charge in [0, 0.05) is 24.8 Å². The molecule has 2 saturated heterocycles. The van der Waals surface area contributed by atoms with Gasteiger partial charge in [-0.05, 0) is 43.1 Å². The Balaban J connectivity index is 1.66. The van der Waals surface area contributed by atoms with E-state index < -0.39 is 30.3 Å². The van der Waals surface area contributed by atoms with Crippen LogP contribution in [-0.4, -0.2) is 61.2 Å². The molecule has 1 aromatic rings. The smallest absolute Gasteiger partial charge is 0.488 e. The molecule has 30 heavy (non-hydrogen) atoms. The highest BCUT2D eigenvalue weighted by Gasteiger charge is 2.49. The van der Waals surface area contributed by atoms with Crippen molar-refractivity contribution in [3.63, 3.8) is 0 Å². The molecule has 0 saturated carbocycles. The third-order valence-electron chi connectivity index (χ3n) is 5.61. The fraction of sp³-hybridized carbons (Fsp3) is 0.556. The summed E-state index contributed by atoms with van der Waals surface area (Å²) >= 11 is 0. The van der Waals surface area contributed by atoms with Gasteiger partial charge in [-0.3, -0.25) is 10.2 Å². The molecule has 3 N–H and O–H groups in total. The first-order valence-corrected chi connectivity index (χ1v) is 9.61. The number of amides is 1. The van der Waals surface area contributed by atoms with E-state index in [1.165, 1.54) is 0 Å². The van der Waals surface area contributed by atoms with Gasteiger partial charge in [0.15, 0.2) is 6.17 Å². The van der Waals surface area contributed by atoms with Gasteiger partial charge in [0.2, 0.25) is 0 Å². The average Bonchev–Trinajstić information content (AvgIpc) is 3.18. The van der Waals surface area contributed by atoms with E-state index in [1.54, 1.807) is 17.9 Å². The summed E-state index contributed by atoms with van der Waals surface area (Å²) in [7, 11) is 0. The number of nitrogens with zero attached hydrogens (tertiary/aromatic N) is 3. The highest BCUT2D eigenvalue weighted by Crippen LogP contribution is 2.41. The zero-order valence-electron chi connectivity index (χ0n) is 16.2. The minimum absolute atomic E-state index is 0.114. The lowest BCUT2D eigenvalue weighted by Gasteiger charge is -2.48. The molecule has 0 aliphatic carbocycles. The van der Waals surface area contributed by atoms with Gasteiger partial charge in [0.25, 0.3) is 5.91 Å². The number of alkyl halides is 3. The largest absolute Gasteiger partial charge is 0.492 e. The normalized spacial score (nSPS) is 26.6. The minimum Gasteiger partial charge on any atom is -0.488 e. The zero-order chi connectivity index (χ0) is 21.6. The third-order valence-corrected chi connectivity index (χ3v) is 5.61. The van der Waals surface area contributed by atoms with Gasteiger partial charge < -0.3 is 25.1 Å². The third kappa shape index (κ3) is 3.49. The molecule has 164 valence electrons. The van der Waals surface area contributed by atoms with Crippen LogP contribution in [0.3, 0.4) is 0 Å². The van der Waals surface area contributed by atoms with Crippen molar-refractivity contribution >= 4 is 23.3 Å². The Kier molecular flexibility index (Phi) is 5.14. The molecule has 2 fully saturated rings. The molecule has 0 bridgehead atoms. The van der Waals surface area contributed by atoms with Crippen LogP contribution in [0.4, 0.5) is 24.5 Å². The quantitative estimate of drug-likeness (QED) is 0.731. The first-order chi connectivity index (χ1) is 14.2. The molecule has 3 heterocycles. The van der Waals surface area contributed by atoms with Crippen molar-refractivity contribution in [3.05, 3.63) is 18.2 Å². The molecule has 9 nitrogen and oxygen atoms in total. The summed E-state index contributed by atoms with van der Waals surface area (Å²) in [6, 6.07) is 4.95. The fourth-order valence-electron chi connectivity index (χ4n) is 4.11. The van der Waals surface area contributed by atoms with Crippen molar-refractivity contribution in [1.82, 2.24) is 10.6 Å². The van der Waals surface area contributed by atoms with Gasteiger partial charge in [-0.25, -0.2) is 4.79 Å². The van der Waals surface area contributed by atoms with Crippen molar-refractivity contribution in [2.45, 2.75) is 44.2 Å². The Bertz CT molecular complexity index is 852. The predicted molar refractivity (Wildman–Crippen MR) is 99.2 cm³/mol. The van der Waals surface area contributed by atoms with Crippen LogP contribution < -0.4 is 25.7 Å². The highest BCUT2D eigenvalue weighted by atomic mass is 19.4. The van der Waals surface area contributed by atoms with Crippen LogP contribution in [0.15, 0.2) is 18.2 Å². The van der Waals surface area contributed by atoms with Gasteiger partial charge >= 0.3 is 12.1 Å². The van der Waals surface area contributed by atoms with Crippen LogP contribution in [0.1, 0.15) is 19.8 Å². The van der Waals surface area contributed by atoms with E-state index in [1.807, 2.05) is 12.1 Å². The average molecular weight is 429 g/mol. The number of fused-ring (bicyclic) bond motifs is 3. The molecule has 3 aliphatic heterocycles. The molecule has 4 rings (SSSR count). The molecule has 1 aromatic carbocycles. The van der Waals surface area contributed by atoms with Crippen LogP contribution in [0, 0.1) is 0 Å². The Morgan fingerprint density at radius 3 is 2.87 bits per heavy atom. The monoisotopic (exact) mass is 429 g/mol. The van der Waals surface area contributed by atoms with Gasteiger partial charge in [0.05, 0.1) is 5.69 Å². The van der Waals surface area contributed by atoms with Gasteiger partial charge in [-0.1, -0.05) is 0 Å². The van der Waals surface area contributed by atoms with E-state index >= 15 is 0 Å². The first kappa shape index (κ1) is 20.5. The van der Waals surface area contributed by atoms with Crippen LogP contribution in [0.5, 0.6) is 5.75 Å². The van der Waals surface area contributed by atoms with Gasteiger partial charge in [-0.2, -0.15) is 13.2 Å². The van der Waals surface area contributed by atoms with E-state index in [2.05, 4.69) is 15.2 Å². The number of carbonyl (C=O) groups is 2. The summed E-state index contributed by atoms with van der Waals surface area (Å²) in [6.07, 6.45) is -4.19. The van der Waals surface area contributed by atoms with E-state index in [9.17, 15) is 22.8 Å². The number of nitrogens with two attached hydrogens (primary N) is 1.